The highest BCUT2D eigenvalue weighted by molar-refractivity contribution is 6.00. The van der Waals surface area contributed by atoms with Crippen molar-refractivity contribution < 1.29 is 0 Å². The average molecular weight is 268 g/mol. The minimum Gasteiger partial charge on any atom is -0.291 e. The van der Waals surface area contributed by atoms with Crippen LogP contribution in [-0.4, -0.2) is 30.1 Å². The molecule has 1 aliphatic carbocycles. The van der Waals surface area contributed by atoms with E-state index in [1.54, 1.807) is 0 Å². The Balaban J connectivity index is 2.11. The smallest absolute Gasteiger partial charge is 0.174 e. The molecule has 2 rings (SSSR count). The molecule has 1 saturated heterocycles. The molecule has 1 fully saturated rings. The Labute approximate surface area is 120 Å². The number of nitriles is 1. The molecule has 2 aliphatic rings. The summed E-state index contributed by atoms with van der Waals surface area (Å²) in [5, 5.41) is 15.4. The molecule has 0 spiro atoms. The number of hydrazone groups is 1. The Hall–Kier alpha value is -2.15. The lowest BCUT2D eigenvalue weighted by Crippen LogP contribution is -2.32. The van der Waals surface area contributed by atoms with Gasteiger partial charge in [0, 0.05) is 18.0 Å². The molecule has 2 unspecified atom stereocenters. The molecule has 2 atom stereocenters. The quantitative estimate of drug-likeness (QED) is 0.581. The standard InChI is InChI=1S/C16H20N4/c1-13(10-11-17)16(18-2)19-20-12-6-9-15(20)14-7-4-3-5-8-14/h3-5,7,14-15H,1-2,6,8-10,12H2/b19-16-. The van der Waals surface area contributed by atoms with Gasteiger partial charge < -0.3 is 0 Å². The lowest BCUT2D eigenvalue weighted by Gasteiger charge is -2.28. The van der Waals surface area contributed by atoms with Crippen molar-refractivity contribution in [3.63, 3.8) is 0 Å². The van der Waals surface area contributed by atoms with Crippen LogP contribution in [0.5, 0.6) is 0 Å². The van der Waals surface area contributed by atoms with Gasteiger partial charge in [0.05, 0.1) is 18.5 Å². The molecule has 0 aromatic carbocycles. The van der Waals surface area contributed by atoms with E-state index in [1.807, 2.05) is 0 Å². The molecule has 0 amide bonds. The van der Waals surface area contributed by atoms with Crippen molar-refractivity contribution in [2.75, 3.05) is 6.54 Å². The van der Waals surface area contributed by atoms with Gasteiger partial charge in [0.25, 0.3) is 0 Å². The molecule has 4 heteroatoms. The number of amidine groups is 1. The van der Waals surface area contributed by atoms with Gasteiger partial charge in [-0.1, -0.05) is 30.9 Å². The summed E-state index contributed by atoms with van der Waals surface area (Å²) in [5.41, 5.74) is 0.632. The van der Waals surface area contributed by atoms with Crippen molar-refractivity contribution in [3.8, 4) is 6.07 Å². The minimum absolute atomic E-state index is 0.239. The van der Waals surface area contributed by atoms with Crippen molar-refractivity contribution in [2.24, 2.45) is 16.0 Å². The fraction of sp³-hybridized carbons (Fsp3) is 0.438. The summed E-state index contributed by atoms with van der Waals surface area (Å²) < 4.78 is 0. The first kappa shape index (κ1) is 14.3. The first-order valence-electron chi connectivity index (χ1n) is 6.96. The zero-order chi connectivity index (χ0) is 14.4. The fourth-order valence-electron chi connectivity index (χ4n) is 2.73. The molecule has 0 aromatic rings. The van der Waals surface area contributed by atoms with Gasteiger partial charge in [-0.25, -0.2) is 4.99 Å². The molecule has 0 bridgehead atoms. The maximum absolute atomic E-state index is 8.74. The second-order valence-electron chi connectivity index (χ2n) is 5.11. The molecule has 1 aliphatic heterocycles. The number of allylic oxidation sites excluding steroid dienone is 3. The Morgan fingerprint density at radius 1 is 1.45 bits per heavy atom. The van der Waals surface area contributed by atoms with Crippen LogP contribution >= 0.6 is 0 Å². The van der Waals surface area contributed by atoms with Crippen LogP contribution in [-0.2, 0) is 0 Å². The van der Waals surface area contributed by atoms with Gasteiger partial charge in [0.2, 0.25) is 0 Å². The third-order valence-corrected chi connectivity index (χ3v) is 3.76. The Bertz CT molecular complexity index is 507. The van der Waals surface area contributed by atoms with E-state index in [9.17, 15) is 0 Å². The SMILES string of the molecule is C=N/C(=N\N1CCCC1C1C=CC=CC1)C(=C)CC#N. The summed E-state index contributed by atoms with van der Waals surface area (Å²) in [5.74, 6) is 0.996. The second kappa shape index (κ2) is 6.85. The van der Waals surface area contributed by atoms with Crippen LogP contribution in [0.2, 0.25) is 0 Å². The molecule has 0 aromatic heterocycles. The normalized spacial score (nSPS) is 25.6. The summed E-state index contributed by atoms with van der Waals surface area (Å²) in [6.45, 7) is 8.33. The number of rotatable bonds is 4. The highest BCUT2D eigenvalue weighted by Gasteiger charge is 2.30. The molecule has 0 radical (unpaired) electrons. The van der Waals surface area contributed by atoms with Gasteiger partial charge in [-0.3, -0.25) is 5.01 Å². The van der Waals surface area contributed by atoms with E-state index in [4.69, 9.17) is 5.26 Å². The van der Waals surface area contributed by atoms with Gasteiger partial charge in [0.15, 0.2) is 5.84 Å². The van der Waals surface area contributed by atoms with Gasteiger partial charge in [-0.2, -0.15) is 10.4 Å². The van der Waals surface area contributed by atoms with E-state index in [2.05, 4.69) is 58.8 Å². The molecule has 0 N–H and O–H groups in total. The summed E-state index contributed by atoms with van der Waals surface area (Å²) >= 11 is 0. The highest BCUT2D eigenvalue weighted by Crippen LogP contribution is 2.29. The van der Waals surface area contributed by atoms with Crippen LogP contribution in [0.3, 0.4) is 0 Å². The lowest BCUT2D eigenvalue weighted by molar-refractivity contribution is 0.220. The molecule has 104 valence electrons. The van der Waals surface area contributed by atoms with E-state index in [0.29, 0.717) is 23.4 Å². The molecular weight excluding hydrogens is 248 g/mol. The summed E-state index contributed by atoms with van der Waals surface area (Å²) in [6, 6.07) is 2.48. The van der Waals surface area contributed by atoms with Crippen LogP contribution in [0, 0.1) is 17.2 Å². The number of aliphatic imine (C=N–C) groups is 1. The van der Waals surface area contributed by atoms with Crippen LogP contribution in [0.15, 0.2) is 46.5 Å². The third kappa shape index (κ3) is 3.24. The molecule has 1 heterocycles. The van der Waals surface area contributed by atoms with Gasteiger partial charge in [0.1, 0.15) is 0 Å². The largest absolute Gasteiger partial charge is 0.291 e. The number of hydrogen-bond donors (Lipinski definition) is 0. The van der Waals surface area contributed by atoms with Gasteiger partial charge in [-0.15, -0.1) is 0 Å². The first-order valence-corrected chi connectivity index (χ1v) is 6.96. The van der Waals surface area contributed by atoms with Crippen molar-refractivity contribution >= 4 is 12.6 Å². The highest BCUT2D eigenvalue weighted by atomic mass is 15.5. The summed E-state index contributed by atoms with van der Waals surface area (Å²) in [6.07, 6.45) is 12.2. The first-order chi connectivity index (χ1) is 9.76. The second-order valence-corrected chi connectivity index (χ2v) is 5.11. The zero-order valence-electron chi connectivity index (χ0n) is 11.7. The van der Waals surface area contributed by atoms with E-state index in [-0.39, 0.29) is 6.42 Å². The van der Waals surface area contributed by atoms with Crippen molar-refractivity contribution in [1.82, 2.24) is 5.01 Å². The monoisotopic (exact) mass is 268 g/mol. The predicted molar refractivity (Wildman–Crippen MR) is 82.5 cm³/mol. The topological polar surface area (TPSA) is 51.8 Å². The summed E-state index contributed by atoms with van der Waals surface area (Å²) in [4.78, 5) is 3.93. The maximum Gasteiger partial charge on any atom is 0.174 e. The Morgan fingerprint density at radius 3 is 2.95 bits per heavy atom. The van der Waals surface area contributed by atoms with Crippen molar-refractivity contribution in [3.05, 3.63) is 36.5 Å². The van der Waals surface area contributed by atoms with Crippen molar-refractivity contribution in [1.29, 1.82) is 5.26 Å². The Morgan fingerprint density at radius 2 is 2.30 bits per heavy atom. The van der Waals surface area contributed by atoms with E-state index in [1.165, 1.54) is 0 Å². The number of nitrogens with zero attached hydrogens (tertiary/aromatic N) is 4. The van der Waals surface area contributed by atoms with Crippen LogP contribution in [0.1, 0.15) is 25.7 Å². The number of hydrogen-bond acceptors (Lipinski definition) is 3. The van der Waals surface area contributed by atoms with E-state index >= 15 is 0 Å². The van der Waals surface area contributed by atoms with Gasteiger partial charge in [-0.05, 0) is 26.0 Å². The van der Waals surface area contributed by atoms with E-state index < -0.39 is 0 Å². The summed E-state index contributed by atoms with van der Waals surface area (Å²) in [7, 11) is 0. The molecule has 20 heavy (non-hydrogen) atoms. The van der Waals surface area contributed by atoms with Crippen LogP contribution < -0.4 is 0 Å². The average Bonchev–Trinajstić information content (AvgIpc) is 2.94. The minimum atomic E-state index is 0.239. The predicted octanol–water partition coefficient (Wildman–Crippen LogP) is 3.07. The van der Waals surface area contributed by atoms with Gasteiger partial charge >= 0.3 is 0 Å². The third-order valence-electron chi connectivity index (χ3n) is 3.76. The van der Waals surface area contributed by atoms with Crippen LogP contribution in [0.4, 0.5) is 0 Å². The zero-order valence-corrected chi connectivity index (χ0v) is 11.7. The molecule has 4 nitrogen and oxygen atoms in total. The van der Waals surface area contributed by atoms with Crippen LogP contribution in [0.25, 0.3) is 0 Å². The lowest BCUT2D eigenvalue weighted by atomic mass is 9.91. The fourth-order valence-corrected chi connectivity index (χ4v) is 2.73. The molecular formula is C16H20N4. The van der Waals surface area contributed by atoms with Crippen molar-refractivity contribution in [2.45, 2.75) is 31.7 Å². The molecule has 0 saturated carbocycles. The Kier molecular flexibility index (Phi) is 4.89. The maximum atomic E-state index is 8.74. The van der Waals surface area contributed by atoms with E-state index in [0.717, 1.165) is 25.8 Å².